The van der Waals surface area contributed by atoms with E-state index in [1.54, 1.807) is 0 Å². The van der Waals surface area contributed by atoms with Crippen molar-refractivity contribution in [2.24, 2.45) is 5.92 Å². The normalized spacial score (nSPS) is 19.3. The molecule has 1 unspecified atom stereocenters. The third-order valence-electron chi connectivity index (χ3n) is 3.04. The van der Waals surface area contributed by atoms with Gasteiger partial charge in [0.2, 0.25) is 0 Å². The number of rotatable bonds is 4. The van der Waals surface area contributed by atoms with Gasteiger partial charge in [0.15, 0.2) is 0 Å². The molecule has 1 aromatic rings. The Bertz CT molecular complexity index is 290. The van der Waals surface area contributed by atoms with E-state index in [2.05, 4.69) is 33.9 Å². The molecule has 1 atom stereocenters. The lowest BCUT2D eigenvalue weighted by molar-refractivity contribution is 0.290. The standard InChI is InChI=1S/C10H18N4/c1-3-4-14-7-12-13-10(14)8(2)9-5-11-6-9/h7-9,11H,3-6H2,1-2H3. The van der Waals surface area contributed by atoms with Crippen LogP contribution in [0.5, 0.6) is 0 Å². The summed E-state index contributed by atoms with van der Waals surface area (Å²) in [5.74, 6) is 2.43. The van der Waals surface area contributed by atoms with Crippen molar-refractivity contribution < 1.29 is 0 Å². The van der Waals surface area contributed by atoms with Crippen molar-refractivity contribution in [1.29, 1.82) is 0 Å². The Kier molecular flexibility index (Phi) is 2.82. The fraction of sp³-hybridized carbons (Fsp3) is 0.800. The van der Waals surface area contributed by atoms with Crippen LogP contribution in [0.1, 0.15) is 32.0 Å². The Morgan fingerprint density at radius 1 is 1.64 bits per heavy atom. The molecule has 14 heavy (non-hydrogen) atoms. The average molecular weight is 194 g/mol. The maximum Gasteiger partial charge on any atom is 0.136 e. The minimum Gasteiger partial charge on any atom is -0.317 e. The van der Waals surface area contributed by atoms with Gasteiger partial charge in [-0.05, 0) is 25.4 Å². The zero-order valence-corrected chi connectivity index (χ0v) is 8.90. The van der Waals surface area contributed by atoms with Crippen LogP contribution in [0.15, 0.2) is 6.33 Å². The minimum atomic E-state index is 0.533. The molecule has 1 saturated heterocycles. The fourth-order valence-electron chi connectivity index (χ4n) is 1.91. The van der Waals surface area contributed by atoms with Gasteiger partial charge in [-0.15, -0.1) is 10.2 Å². The fourth-order valence-corrected chi connectivity index (χ4v) is 1.91. The summed E-state index contributed by atoms with van der Waals surface area (Å²) in [5, 5.41) is 11.5. The molecule has 0 aliphatic carbocycles. The van der Waals surface area contributed by atoms with E-state index in [1.807, 2.05) is 6.33 Å². The van der Waals surface area contributed by atoms with E-state index in [0.29, 0.717) is 5.92 Å². The molecule has 1 N–H and O–H groups in total. The number of aryl methyl sites for hydroxylation is 1. The molecule has 0 radical (unpaired) electrons. The first-order valence-electron chi connectivity index (χ1n) is 5.41. The monoisotopic (exact) mass is 194 g/mol. The van der Waals surface area contributed by atoms with E-state index in [9.17, 15) is 0 Å². The largest absolute Gasteiger partial charge is 0.317 e. The van der Waals surface area contributed by atoms with Crippen molar-refractivity contribution in [1.82, 2.24) is 20.1 Å². The lowest BCUT2D eigenvalue weighted by Gasteiger charge is -2.32. The van der Waals surface area contributed by atoms with Crippen molar-refractivity contribution in [2.75, 3.05) is 13.1 Å². The molecule has 0 bridgehead atoms. The molecule has 78 valence electrons. The van der Waals surface area contributed by atoms with E-state index in [4.69, 9.17) is 0 Å². The first kappa shape index (κ1) is 9.65. The molecule has 0 amide bonds. The predicted molar refractivity (Wildman–Crippen MR) is 55.1 cm³/mol. The first-order chi connectivity index (χ1) is 6.83. The van der Waals surface area contributed by atoms with Gasteiger partial charge >= 0.3 is 0 Å². The summed E-state index contributed by atoms with van der Waals surface area (Å²) in [6.45, 7) is 7.72. The molecule has 0 aromatic carbocycles. The average Bonchev–Trinajstić information content (AvgIpc) is 2.49. The van der Waals surface area contributed by atoms with Gasteiger partial charge < -0.3 is 9.88 Å². The molecular formula is C10H18N4. The molecule has 0 spiro atoms. The van der Waals surface area contributed by atoms with Crippen LogP contribution in [0.25, 0.3) is 0 Å². The Balaban J connectivity index is 2.09. The van der Waals surface area contributed by atoms with Crippen LogP contribution in [0.3, 0.4) is 0 Å². The van der Waals surface area contributed by atoms with Gasteiger partial charge in [-0.3, -0.25) is 0 Å². The van der Waals surface area contributed by atoms with E-state index in [1.165, 1.54) is 0 Å². The lowest BCUT2D eigenvalue weighted by atomic mass is 9.88. The van der Waals surface area contributed by atoms with Gasteiger partial charge in [-0.2, -0.15) is 0 Å². The van der Waals surface area contributed by atoms with Gasteiger partial charge in [0.05, 0.1) is 0 Å². The zero-order chi connectivity index (χ0) is 9.97. The van der Waals surface area contributed by atoms with Crippen molar-refractivity contribution in [2.45, 2.75) is 32.7 Å². The lowest BCUT2D eigenvalue weighted by Crippen LogP contribution is -2.45. The summed E-state index contributed by atoms with van der Waals surface area (Å²) >= 11 is 0. The molecule has 2 rings (SSSR count). The smallest absolute Gasteiger partial charge is 0.136 e. The highest BCUT2D eigenvalue weighted by atomic mass is 15.3. The number of aromatic nitrogens is 3. The zero-order valence-electron chi connectivity index (χ0n) is 8.90. The summed E-state index contributed by atoms with van der Waals surface area (Å²) in [6, 6.07) is 0. The molecule has 1 aliphatic heterocycles. The van der Waals surface area contributed by atoms with E-state index in [-0.39, 0.29) is 0 Å². The van der Waals surface area contributed by atoms with Crippen LogP contribution in [-0.2, 0) is 6.54 Å². The van der Waals surface area contributed by atoms with Gasteiger partial charge in [0, 0.05) is 12.5 Å². The maximum atomic E-state index is 4.22. The van der Waals surface area contributed by atoms with Crippen molar-refractivity contribution in [3.63, 3.8) is 0 Å². The Morgan fingerprint density at radius 3 is 3.00 bits per heavy atom. The van der Waals surface area contributed by atoms with Crippen LogP contribution in [0, 0.1) is 5.92 Å². The van der Waals surface area contributed by atoms with Crippen LogP contribution >= 0.6 is 0 Å². The molecule has 4 heteroatoms. The maximum absolute atomic E-state index is 4.22. The second-order valence-corrected chi connectivity index (χ2v) is 4.09. The first-order valence-corrected chi connectivity index (χ1v) is 5.41. The summed E-state index contributed by atoms with van der Waals surface area (Å²) in [4.78, 5) is 0. The van der Waals surface area contributed by atoms with Crippen LogP contribution in [-0.4, -0.2) is 27.9 Å². The Morgan fingerprint density at radius 2 is 2.43 bits per heavy atom. The number of nitrogens with zero attached hydrogens (tertiary/aromatic N) is 3. The van der Waals surface area contributed by atoms with Crippen molar-refractivity contribution >= 4 is 0 Å². The molecule has 1 fully saturated rings. The van der Waals surface area contributed by atoms with Gasteiger partial charge in [-0.25, -0.2) is 0 Å². The van der Waals surface area contributed by atoms with Gasteiger partial charge in [-0.1, -0.05) is 13.8 Å². The highest BCUT2D eigenvalue weighted by Gasteiger charge is 2.27. The Hall–Kier alpha value is -0.900. The SMILES string of the molecule is CCCn1cnnc1C(C)C1CNC1. The number of hydrogen-bond donors (Lipinski definition) is 1. The van der Waals surface area contributed by atoms with Gasteiger partial charge in [0.25, 0.3) is 0 Å². The summed E-state index contributed by atoms with van der Waals surface area (Å²) in [5.41, 5.74) is 0. The van der Waals surface area contributed by atoms with Crippen LogP contribution < -0.4 is 5.32 Å². The van der Waals surface area contributed by atoms with Crippen molar-refractivity contribution in [3.8, 4) is 0 Å². The summed E-state index contributed by atoms with van der Waals surface area (Å²) in [6.07, 6.45) is 2.99. The molecule has 4 nitrogen and oxygen atoms in total. The topological polar surface area (TPSA) is 42.7 Å². The van der Waals surface area contributed by atoms with Crippen LogP contribution in [0.4, 0.5) is 0 Å². The third kappa shape index (κ3) is 1.66. The third-order valence-corrected chi connectivity index (χ3v) is 3.04. The van der Waals surface area contributed by atoms with Gasteiger partial charge in [0.1, 0.15) is 12.2 Å². The van der Waals surface area contributed by atoms with E-state index in [0.717, 1.165) is 37.8 Å². The molecule has 1 aromatic heterocycles. The second kappa shape index (κ2) is 4.09. The molecule has 0 saturated carbocycles. The number of nitrogens with one attached hydrogen (secondary N) is 1. The molecule has 2 heterocycles. The highest BCUT2D eigenvalue weighted by Crippen LogP contribution is 2.25. The molecule has 1 aliphatic rings. The second-order valence-electron chi connectivity index (χ2n) is 4.09. The highest BCUT2D eigenvalue weighted by molar-refractivity contribution is 5.00. The minimum absolute atomic E-state index is 0.533. The number of hydrogen-bond acceptors (Lipinski definition) is 3. The predicted octanol–water partition coefficient (Wildman–Crippen LogP) is 1.01. The quantitative estimate of drug-likeness (QED) is 0.778. The Labute approximate surface area is 84.7 Å². The molecular weight excluding hydrogens is 176 g/mol. The summed E-state index contributed by atoms with van der Waals surface area (Å²) < 4.78 is 2.18. The van der Waals surface area contributed by atoms with Crippen LogP contribution in [0.2, 0.25) is 0 Å². The summed E-state index contributed by atoms with van der Waals surface area (Å²) in [7, 11) is 0. The van der Waals surface area contributed by atoms with E-state index < -0.39 is 0 Å². The van der Waals surface area contributed by atoms with E-state index >= 15 is 0 Å². The van der Waals surface area contributed by atoms with Crippen molar-refractivity contribution in [3.05, 3.63) is 12.2 Å².